The minimum Gasteiger partial charge on any atom is -0.439 e. The minimum atomic E-state index is -1.06. The van der Waals surface area contributed by atoms with Crippen LogP contribution in [-0.2, 0) is 16.9 Å². The highest BCUT2D eigenvalue weighted by Crippen LogP contribution is 2.33. The Kier molecular flexibility index (Phi) is 4.47. The highest BCUT2D eigenvalue weighted by atomic mass is 16.4. The van der Waals surface area contributed by atoms with Crippen LogP contribution in [0.15, 0.2) is 65.2 Å². The molecule has 0 unspecified atom stereocenters. The van der Waals surface area contributed by atoms with Gasteiger partial charge in [-0.15, -0.1) is 0 Å². The third-order valence-electron chi connectivity index (χ3n) is 5.16. The van der Waals surface area contributed by atoms with Crippen LogP contribution in [0.4, 0.5) is 4.79 Å². The molecule has 3 amide bonds. The van der Waals surface area contributed by atoms with Gasteiger partial charge in [0.15, 0.2) is 5.76 Å². The fourth-order valence-corrected chi connectivity index (χ4v) is 3.50. The summed E-state index contributed by atoms with van der Waals surface area (Å²) in [6.07, 6.45) is 2.06. The Bertz CT molecular complexity index is 1010. The van der Waals surface area contributed by atoms with Gasteiger partial charge in [0, 0.05) is 5.56 Å². The number of carbonyl (C=O) groups is 2. The van der Waals surface area contributed by atoms with Crippen molar-refractivity contribution in [2.45, 2.75) is 32.4 Å². The normalized spacial score (nSPS) is 19.1. The molecule has 0 aliphatic carbocycles. The van der Waals surface area contributed by atoms with E-state index < -0.39 is 11.6 Å². The van der Waals surface area contributed by atoms with Crippen molar-refractivity contribution in [1.82, 2.24) is 15.2 Å². The van der Waals surface area contributed by atoms with E-state index in [1.165, 1.54) is 4.90 Å². The van der Waals surface area contributed by atoms with Crippen LogP contribution in [0.3, 0.4) is 0 Å². The number of aryl methyl sites for hydroxylation is 1. The van der Waals surface area contributed by atoms with E-state index in [9.17, 15) is 9.59 Å². The second kappa shape index (κ2) is 6.96. The van der Waals surface area contributed by atoms with Gasteiger partial charge >= 0.3 is 6.03 Å². The van der Waals surface area contributed by atoms with E-state index >= 15 is 0 Å². The molecule has 0 bridgehead atoms. The summed E-state index contributed by atoms with van der Waals surface area (Å²) in [6, 6.07) is 16.8. The highest BCUT2D eigenvalue weighted by Gasteiger charge is 2.51. The number of benzene rings is 2. The number of urea groups is 1. The molecular weight excluding hydrogens is 354 g/mol. The molecule has 142 valence electrons. The molecule has 1 aliphatic rings. The largest absolute Gasteiger partial charge is 0.439 e. The molecule has 6 nitrogen and oxygen atoms in total. The number of rotatable bonds is 5. The SMILES string of the molecule is CC[C@@]1(c2ccc(C)cc2)NC(=O)N(Cc2ncc(-c3ccccc3)o2)C1=O. The lowest BCUT2D eigenvalue weighted by Gasteiger charge is -2.25. The summed E-state index contributed by atoms with van der Waals surface area (Å²) in [7, 11) is 0. The summed E-state index contributed by atoms with van der Waals surface area (Å²) in [5, 5.41) is 2.88. The van der Waals surface area contributed by atoms with Crippen LogP contribution >= 0.6 is 0 Å². The van der Waals surface area contributed by atoms with Gasteiger partial charge in [0.1, 0.15) is 12.1 Å². The number of carbonyl (C=O) groups excluding carboxylic acids is 2. The molecule has 0 saturated carbocycles. The zero-order valence-corrected chi connectivity index (χ0v) is 15.8. The van der Waals surface area contributed by atoms with E-state index in [1.807, 2.05) is 68.4 Å². The van der Waals surface area contributed by atoms with E-state index in [0.717, 1.165) is 16.7 Å². The molecule has 1 saturated heterocycles. The van der Waals surface area contributed by atoms with Crippen molar-refractivity contribution in [3.63, 3.8) is 0 Å². The number of imide groups is 1. The summed E-state index contributed by atoms with van der Waals surface area (Å²) >= 11 is 0. The smallest absolute Gasteiger partial charge is 0.325 e. The van der Waals surface area contributed by atoms with Crippen LogP contribution < -0.4 is 5.32 Å². The van der Waals surface area contributed by atoms with E-state index in [2.05, 4.69) is 10.3 Å². The van der Waals surface area contributed by atoms with Crippen molar-refractivity contribution < 1.29 is 14.0 Å². The summed E-state index contributed by atoms with van der Waals surface area (Å²) in [5.41, 5.74) is 1.70. The fraction of sp³-hybridized carbons (Fsp3) is 0.227. The lowest BCUT2D eigenvalue weighted by molar-refractivity contribution is -0.132. The summed E-state index contributed by atoms with van der Waals surface area (Å²) < 4.78 is 5.77. The monoisotopic (exact) mass is 375 g/mol. The zero-order chi connectivity index (χ0) is 19.7. The van der Waals surface area contributed by atoms with Crippen LogP contribution in [0.2, 0.25) is 0 Å². The number of nitrogens with one attached hydrogen (secondary N) is 1. The second-order valence-electron chi connectivity index (χ2n) is 6.93. The third-order valence-corrected chi connectivity index (χ3v) is 5.16. The summed E-state index contributed by atoms with van der Waals surface area (Å²) in [6.45, 7) is 3.86. The molecule has 0 radical (unpaired) electrons. The minimum absolute atomic E-state index is 0.00882. The average molecular weight is 375 g/mol. The van der Waals surface area contributed by atoms with Crippen LogP contribution in [0, 0.1) is 6.92 Å². The third kappa shape index (κ3) is 2.97. The second-order valence-corrected chi connectivity index (χ2v) is 6.93. The molecule has 28 heavy (non-hydrogen) atoms. The van der Waals surface area contributed by atoms with Gasteiger partial charge in [0.2, 0.25) is 5.89 Å². The molecule has 4 rings (SSSR count). The van der Waals surface area contributed by atoms with Gasteiger partial charge in [-0.25, -0.2) is 9.78 Å². The first-order chi connectivity index (χ1) is 13.5. The van der Waals surface area contributed by atoms with Gasteiger partial charge in [-0.2, -0.15) is 0 Å². The number of hydrogen-bond acceptors (Lipinski definition) is 4. The Hall–Kier alpha value is -3.41. The zero-order valence-electron chi connectivity index (χ0n) is 15.8. The predicted molar refractivity (Wildman–Crippen MR) is 104 cm³/mol. The van der Waals surface area contributed by atoms with Crippen LogP contribution in [0.5, 0.6) is 0 Å². The Morgan fingerprint density at radius 1 is 1.07 bits per heavy atom. The van der Waals surface area contributed by atoms with Crippen molar-refractivity contribution in [1.29, 1.82) is 0 Å². The van der Waals surface area contributed by atoms with Gasteiger partial charge in [-0.3, -0.25) is 9.69 Å². The van der Waals surface area contributed by atoms with E-state index in [4.69, 9.17) is 4.42 Å². The number of oxazole rings is 1. The Labute approximate surface area is 163 Å². The molecule has 6 heteroatoms. The number of aromatic nitrogens is 1. The topological polar surface area (TPSA) is 75.4 Å². The molecule has 2 aromatic carbocycles. The lowest BCUT2D eigenvalue weighted by atomic mass is 9.87. The molecular formula is C22H21N3O3. The molecule has 3 aromatic rings. The molecule has 1 aliphatic heterocycles. The first kappa shape index (κ1) is 18.0. The van der Waals surface area contributed by atoms with Crippen LogP contribution in [-0.4, -0.2) is 21.8 Å². The fourth-order valence-electron chi connectivity index (χ4n) is 3.50. The maximum atomic E-state index is 13.2. The van der Waals surface area contributed by atoms with Gasteiger partial charge in [-0.1, -0.05) is 67.1 Å². The lowest BCUT2D eigenvalue weighted by Crippen LogP contribution is -2.43. The number of hydrogen-bond donors (Lipinski definition) is 1. The van der Waals surface area contributed by atoms with Crippen LogP contribution in [0.1, 0.15) is 30.4 Å². The molecule has 0 spiro atoms. The Morgan fingerprint density at radius 3 is 2.46 bits per heavy atom. The van der Waals surface area contributed by atoms with Gasteiger partial charge < -0.3 is 9.73 Å². The van der Waals surface area contributed by atoms with Gasteiger partial charge in [-0.05, 0) is 18.9 Å². The maximum absolute atomic E-state index is 13.2. The molecule has 1 fully saturated rings. The highest BCUT2D eigenvalue weighted by molar-refractivity contribution is 6.07. The van der Waals surface area contributed by atoms with Crippen molar-refractivity contribution in [3.05, 3.63) is 77.8 Å². The maximum Gasteiger partial charge on any atom is 0.325 e. The average Bonchev–Trinajstić information content (AvgIpc) is 3.28. The van der Waals surface area contributed by atoms with Crippen molar-refractivity contribution >= 4 is 11.9 Å². The van der Waals surface area contributed by atoms with E-state index in [-0.39, 0.29) is 12.5 Å². The predicted octanol–water partition coefficient (Wildman–Crippen LogP) is 4.01. The number of nitrogens with zero attached hydrogens (tertiary/aromatic N) is 2. The molecule has 1 aromatic heterocycles. The van der Waals surface area contributed by atoms with Crippen LogP contribution in [0.25, 0.3) is 11.3 Å². The molecule has 2 heterocycles. The molecule has 1 atom stereocenters. The van der Waals surface area contributed by atoms with Gasteiger partial charge in [0.25, 0.3) is 5.91 Å². The van der Waals surface area contributed by atoms with Crippen molar-refractivity contribution in [2.75, 3.05) is 0 Å². The Morgan fingerprint density at radius 2 is 1.79 bits per heavy atom. The van der Waals surface area contributed by atoms with E-state index in [1.54, 1.807) is 6.20 Å². The first-order valence-electron chi connectivity index (χ1n) is 9.25. The Balaban J connectivity index is 1.59. The quantitative estimate of drug-likeness (QED) is 0.684. The van der Waals surface area contributed by atoms with Gasteiger partial charge in [0.05, 0.1) is 6.20 Å². The summed E-state index contributed by atoms with van der Waals surface area (Å²) in [5.74, 6) is 0.629. The number of amides is 3. The van der Waals surface area contributed by atoms with Crippen molar-refractivity contribution in [3.8, 4) is 11.3 Å². The first-order valence-corrected chi connectivity index (χ1v) is 9.25. The van der Waals surface area contributed by atoms with E-state index in [0.29, 0.717) is 18.1 Å². The summed E-state index contributed by atoms with van der Waals surface area (Å²) in [4.78, 5) is 31.2. The molecule has 1 N–H and O–H groups in total. The van der Waals surface area contributed by atoms with Crippen molar-refractivity contribution in [2.24, 2.45) is 0 Å². The standard InChI is InChI=1S/C22H21N3O3/c1-3-22(17-11-9-15(2)10-12-17)20(26)25(21(27)24-22)14-19-23-13-18(28-19)16-7-5-4-6-8-16/h4-13H,3,14H2,1-2H3,(H,24,27)/t22-/m0/s1.